The SMILES string of the molecule is COc1ccc(C23CCC(CN(C(=O)C4CCC(OC(=O)N5CC(C)C5)CC4)c4cc(-c5cnn(C(C)C(F)(F)F)c5)ccn4)(CC2)CC3)cc1C. The second kappa shape index (κ2) is 14.0. The van der Waals surface area contributed by atoms with Crippen molar-refractivity contribution in [1.29, 1.82) is 0 Å². The van der Waals surface area contributed by atoms with Gasteiger partial charge in [-0.15, -0.1) is 0 Å². The summed E-state index contributed by atoms with van der Waals surface area (Å²) in [6.07, 6.45) is 8.10. The molecule has 280 valence electrons. The molecule has 1 aromatic carbocycles. The van der Waals surface area contributed by atoms with Crippen molar-refractivity contribution in [1.82, 2.24) is 19.7 Å². The number of carbonyl (C=O) groups is 2. The first-order valence-corrected chi connectivity index (χ1v) is 18.8. The zero-order valence-corrected chi connectivity index (χ0v) is 30.6. The third-order valence-electron chi connectivity index (χ3n) is 12.6. The summed E-state index contributed by atoms with van der Waals surface area (Å²) in [5, 5.41) is 4.01. The van der Waals surface area contributed by atoms with Crippen molar-refractivity contribution in [2.45, 2.75) is 109 Å². The first-order chi connectivity index (χ1) is 24.8. The first-order valence-electron chi connectivity index (χ1n) is 18.8. The number of anilines is 1. The highest BCUT2D eigenvalue weighted by atomic mass is 19.4. The molecule has 12 heteroatoms. The number of rotatable bonds is 9. The van der Waals surface area contributed by atoms with Crippen molar-refractivity contribution < 1.29 is 32.2 Å². The van der Waals surface area contributed by atoms with Crippen molar-refractivity contribution in [3.8, 4) is 16.9 Å². The topological polar surface area (TPSA) is 89.8 Å². The molecule has 0 N–H and O–H groups in total. The largest absolute Gasteiger partial charge is 0.496 e. The maximum atomic E-state index is 14.6. The van der Waals surface area contributed by atoms with Crippen LogP contribution in [0.15, 0.2) is 48.9 Å². The Bertz CT molecular complexity index is 1750. The average Bonchev–Trinajstić information content (AvgIpc) is 3.63. The molecule has 2 aromatic heterocycles. The van der Waals surface area contributed by atoms with Crippen LogP contribution in [0.2, 0.25) is 0 Å². The lowest BCUT2D eigenvalue weighted by Crippen LogP contribution is -2.52. The van der Waals surface area contributed by atoms with Crippen molar-refractivity contribution in [2.24, 2.45) is 17.3 Å². The van der Waals surface area contributed by atoms with E-state index in [1.54, 1.807) is 24.3 Å². The molecule has 5 aliphatic rings. The van der Waals surface area contributed by atoms with E-state index in [1.807, 2.05) is 11.0 Å². The highest BCUT2D eigenvalue weighted by Crippen LogP contribution is 2.58. The van der Waals surface area contributed by atoms with Gasteiger partial charge in [-0.1, -0.05) is 19.1 Å². The molecule has 2 bridgehead atoms. The molecule has 1 atom stereocenters. The van der Waals surface area contributed by atoms with E-state index >= 15 is 0 Å². The molecule has 2 amide bonds. The minimum atomic E-state index is -4.43. The molecular weight excluding hydrogens is 671 g/mol. The molecule has 0 radical (unpaired) electrons. The van der Waals surface area contributed by atoms with Crippen molar-refractivity contribution >= 4 is 17.8 Å². The Kier molecular flexibility index (Phi) is 9.80. The molecule has 4 aliphatic carbocycles. The normalized spacial score (nSPS) is 26.8. The number of aryl methyl sites for hydroxylation is 1. The number of alkyl halides is 3. The number of amides is 2. The van der Waals surface area contributed by atoms with Crippen LogP contribution in [0.1, 0.15) is 95.2 Å². The average molecular weight is 722 g/mol. The predicted molar refractivity (Wildman–Crippen MR) is 191 cm³/mol. The fourth-order valence-corrected chi connectivity index (χ4v) is 9.06. The summed E-state index contributed by atoms with van der Waals surface area (Å²) in [5.74, 6) is 1.65. The van der Waals surface area contributed by atoms with Gasteiger partial charge in [0.25, 0.3) is 0 Å². The number of benzene rings is 1. The second-order valence-corrected chi connectivity index (χ2v) is 16.1. The fraction of sp³-hybridized carbons (Fsp3) is 0.600. The van der Waals surface area contributed by atoms with Gasteiger partial charge in [-0.05, 0) is 130 Å². The van der Waals surface area contributed by atoms with Gasteiger partial charge in [0.1, 0.15) is 23.7 Å². The molecule has 9 nitrogen and oxygen atoms in total. The molecule has 5 fully saturated rings. The Morgan fingerprint density at radius 1 is 1.00 bits per heavy atom. The lowest BCUT2D eigenvalue weighted by molar-refractivity contribution is -0.165. The number of carbonyl (C=O) groups excluding carboxylic acids is 2. The molecule has 3 heterocycles. The number of hydrogen-bond acceptors (Lipinski definition) is 6. The standard InChI is InChI=1S/C40H50F3N5O4/c1-26-22-46(23-26)37(50)52-33-8-5-29(6-9-33)36(49)47(35-20-30(11-18-44-35)31-21-45-48(24-31)28(3)40(41,42)43)25-38-12-15-39(16-13-38,17-14-38)32-7-10-34(51-4)27(2)19-32/h7,10-11,18-21,24,26,28-29,33H,5-6,8-9,12-17,22-23,25H2,1-4H3. The monoisotopic (exact) mass is 721 g/mol. The van der Waals surface area contributed by atoms with Crippen LogP contribution in [0.5, 0.6) is 5.75 Å². The lowest BCUT2D eigenvalue weighted by Gasteiger charge is -2.55. The zero-order chi connectivity index (χ0) is 36.8. The Morgan fingerprint density at radius 3 is 2.31 bits per heavy atom. The Hall–Kier alpha value is -4.09. The van der Waals surface area contributed by atoms with Gasteiger partial charge < -0.3 is 14.4 Å². The van der Waals surface area contributed by atoms with E-state index in [2.05, 4.69) is 37.1 Å². The summed E-state index contributed by atoms with van der Waals surface area (Å²) in [4.78, 5) is 35.5. The van der Waals surface area contributed by atoms with Crippen LogP contribution in [0, 0.1) is 24.2 Å². The third kappa shape index (κ3) is 7.14. The summed E-state index contributed by atoms with van der Waals surface area (Å²) in [5.41, 5.74) is 3.73. The second-order valence-electron chi connectivity index (χ2n) is 16.1. The van der Waals surface area contributed by atoms with E-state index in [1.165, 1.54) is 18.0 Å². The van der Waals surface area contributed by atoms with Gasteiger partial charge in [-0.25, -0.2) is 9.78 Å². The van der Waals surface area contributed by atoms with Crippen LogP contribution >= 0.6 is 0 Å². The van der Waals surface area contributed by atoms with Gasteiger partial charge in [-0.3, -0.25) is 14.4 Å². The molecule has 0 spiro atoms. The Balaban J connectivity index is 1.11. The van der Waals surface area contributed by atoms with E-state index in [4.69, 9.17) is 14.5 Å². The highest BCUT2D eigenvalue weighted by molar-refractivity contribution is 5.95. The summed E-state index contributed by atoms with van der Waals surface area (Å²) < 4.78 is 52.6. The summed E-state index contributed by atoms with van der Waals surface area (Å²) in [6, 6.07) is 8.35. The van der Waals surface area contributed by atoms with Gasteiger partial charge >= 0.3 is 12.3 Å². The van der Waals surface area contributed by atoms with Crippen molar-refractivity contribution in [3.05, 3.63) is 60.0 Å². The van der Waals surface area contributed by atoms with E-state index in [0.29, 0.717) is 55.1 Å². The fourth-order valence-electron chi connectivity index (χ4n) is 9.06. The predicted octanol–water partition coefficient (Wildman–Crippen LogP) is 8.66. The number of pyridine rings is 1. The van der Waals surface area contributed by atoms with Crippen LogP contribution in [-0.4, -0.2) is 70.7 Å². The van der Waals surface area contributed by atoms with Crippen LogP contribution < -0.4 is 9.64 Å². The third-order valence-corrected chi connectivity index (χ3v) is 12.6. The molecular formula is C40H50F3N5O4. The molecule has 8 rings (SSSR count). The van der Waals surface area contributed by atoms with Gasteiger partial charge in [0, 0.05) is 43.5 Å². The van der Waals surface area contributed by atoms with Gasteiger partial charge in [-0.2, -0.15) is 18.3 Å². The van der Waals surface area contributed by atoms with E-state index in [9.17, 15) is 22.8 Å². The summed E-state index contributed by atoms with van der Waals surface area (Å²) >= 11 is 0. The Morgan fingerprint density at radius 2 is 1.69 bits per heavy atom. The van der Waals surface area contributed by atoms with Gasteiger partial charge in [0.2, 0.25) is 5.91 Å². The summed E-state index contributed by atoms with van der Waals surface area (Å²) in [7, 11) is 1.70. The highest BCUT2D eigenvalue weighted by Gasteiger charge is 2.51. The number of fused-ring (bicyclic) bond motifs is 3. The maximum absolute atomic E-state index is 14.6. The zero-order valence-electron chi connectivity index (χ0n) is 30.6. The first kappa shape index (κ1) is 36.3. The molecule has 1 unspecified atom stereocenters. The molecule has 52 heavy (non-hydrogen) atoms. The van der Waals surface area contributed by atoms with E-state index in [-0.39, 0.29) is 34.9 Å². The molecule has 1 saturated heterocycles. The minimum Gasteiger partial charge on any atom is -0.496 e. The number of halogens is 3. The lowest BCUT2D eigenvalue weighted by atomic mass is 9.51. The smallest absolute Gasteiger partial charge is 0.410 e. The van der Waals surface area contributed by atoms with Gasteiger partial charge in [0.15, 0.2) is 0 Å². The number of likely N-dealkylation sites (tertiary alicyclic amines) is 1. The molecule has 1 aliphatic heterocycles. The number of hydrogen-bond donors (Lipinski definition) is 0. The van der Waals surface area contributed by atoms with Crippen LogP contribution in [0.3, 0.4) is 0 Å². The van der Waals surface area contributed by atoms with Crippen LogP contribution in [0.4, 0.5) is 23.8 Å². The maximum Gasteiger partial charge on any atom is 0.410 e. The summed E-state index contributed by atoms with van der Waals surface area (Å²) in [6.45, 7) is 7.25. The molecule has 4 saturated carbocycles. The van der Waals surface area contributed by atoms with Crippen molar-refractivity contribution in [2.75, 3.05) is 31.6 Å². The molecule has 3 aromatic rings. The Labute approximate surface area is 303 Å². The van der Waals surface area contributed by atoms with Gasteiger partial charge in [0.05, 0.1) is 13.3 Å². The quantitative estimate of drug-likeness (QED) is 0.220. The van der Waals surface area contributed by atoms with E-state index < -0.39 is 12.2 Å². The van der Waals surface area contributed by atoms with Crippen LogP contribution in [-0.2, 0) is 14.9 Å². The number of methoxy groups -OCH3 is 1. The van der Waals surface area contributed by atoms with E-state index in [0.717, 1.165) is 74.5 Å². The minimum absolute atomic E-state index is 0.00921. The number of ether oxygens (including phenoxy) is 2. The number of aromatic nitrogens is 3. The van der Waals surface area contributed by atoms with Crippen LogP contribution in [0.25, 0.3) is 11.1 Å². The van der Waals surface area contributed by atoms with Crippen molar-refractivity contribution in [3.63, 3.8) is 0 Å². The number of nitrogens with zero attached hydrogens (tertiary/aromatic N) is 5.